The van der Waals surface area contributed by atoms with E-state index >= 15 is 0 Å². The van der Waals surface area contributed by atoms with E-state index in [2.05, 4.69) is 5.92 Å². The summed E-state index contributed by atoms with van der Waals surface area (Å²) >= 11 is 0. The van der Waals surface area contributed by atoms with Crippen molar-refractivity contribution >= 4 is 0 Å². The van der Waals surface area contributed by atoms with E-state index in [1.807, 2.05) is 19.9 Å². The van der Waals surface area contributed by atoms with Gasteiger partial charge in [-0.1, -0.05) is 19.8 Å². The molecule has 0 aromatic carbocycles. The summed E-state index contributed by atoms with van der Waals surface area (Å²) in [6, 6.07) is 2.02. The fourth-order valence-corrected chi connectivity index (χ4v) is 0.379. The van der Waals surface area contributed by atoms with Gasteiger partial charge < -0.3 is 0 Å². The first-order valence-corrected chi connectivity index (χ1v) is 2.58. The third-order valence-corrected chi connectivity index (χ3v) is 0.985. The predicted octanol–water partition coefficient (Wildman–Crippen LogP) is 1.42. The lowest BCUT2D eigenvalue weighted by Gasteiger charge is -2.01. The second-order valence-electron chi connectivity index (χ2n) is 2.02. The maximum atomic E-state index is 8.30. The molecule has 0 radical (unpaired) electrons. The number of hydrogen-bond donors (Lipinski definition) is 0. The SMILES string of the molecule is C#CC(C#N)C(C)C. The van der Waals surface area contributed by atoms with Gasteiger partial charge in [0, 0.05) is 0 Å². The van der Waals surface area contributed by atoms with E-state index in [0.717, 1.165) is 0 Å². The number of hydrogen-bond acceptors (Lipinski definition) is 1. The molecule has 0 aromatic rings. The molecule has 0 saturated carbocycles. The highest BCUT2D eigenvalue weighted by Crippen LogP contribution is 2.06. The summed E-state index contributed by atoms with van der Waals surface area (Å²) < 4.78 is 0. The smallest absolute Gasteiger partial charge is 0.109 e. The van der Waals surface area contributed by atoms with Crippen LogP contribution in [0.15, 0.2) is 0 Å². The summed E-state index contributed by atoms with van der Waals surface area (Å²) in [6.07, 6.45) is 5.01. The lowest BCUT2D eigenvalue weighted by molar-refractivity contribution is 0.575. The number of nitrogens with zero attached hydrogens (tertiary/aromatic N) is 1. The molecule has 0 rings (SSSR count). The maximum Gasteiger partial charge on any atom is 0.109 e. The summed E-state index contributed by atoms with van der Waals surface area (Å²) in [7, 11) is 0. The van der Waals surface area contributed by atoms with Crippen molar-refractivity contribution in [1.82, 2.24) is 0 Å². The lowest BCUT2D eigenvalue weighted by atomic mass is 9.99. The molecular weight excluding hydrogens is 98.1 g/mol. The van der Waals surface area contributed by atoms with E-state index in [-0.39, 0.29) is 11.8 Å². The molecule has 0 amide bonds. The van der Waals surface area contributed by atoms with Gasteiger partial charge in [0.05, 0.1) is 6.07 Å². The zero-order valence-electron chi connectivity index (χ0n) is 5.18. The summed E-state index contributed by atoms with van der Waals surface area (Å²) in [5.41, 5.74) is 0. The normalized spacial score (nSPS) is 12.1. The van der Waals surface area contributed by atoms with Crippen molar-refractivity contribution in [2.75, 3.05) is 0 Å². The third-order valence-electron chi connectivity index (χ3n) is 0.985. The monoisotopic (exact) mass is 107 g/mol. The van der Waals surface area contributed by atoms with Gasteiger partial charge in [0.15, 0.2) is 0 Å². The van der Waals surface area contributed by atoms with Crippen molar-refractivity contribution in [3.05, 3.63) is 0 Å². The minimum Gasteiger partial charge on any atom is -0.197 e. The van der Waals surface area contributed by atoms with Crippen molar-refractivity contribution in [3.63, 3.8) is 0 Å². The third kappa shape index (κ3) is 1.67. The Bertz CT molecular complexity index is 119. The highest BCUT2D eigenvalue weighted by Gasteiger charge is 2.05. The van der Waals surface area contributed by atoms with Crippen molar-refractivity contribution in [2.24, 2.45) is 11.8 Å². The molecule has 1 heteroatoms. The molecule has 0 bridgehead atoms. The van der Waals surface area contributed by atoms with Crippen molar-refractivity contribution in [3.8, 4) is 18.4 Å². The first-order valence-electron chi connectivity index (χ1n) is 2.58. The average molecular weight is 107 g/mol. The molecular formula is C7H9N. The highest BCUT2D eigenvalue weighted by molar-refractivity contribution is 5.06. The van der Waals surface area contributed by atoms with Gasteiger partial charge in [-0.25, -0.2) is 0 Å². The van der Waals surface area contributed by atoms with Crippen LogP contribution in [0.3, 0.4) is 0 Å². The van der Waals surface area contributed by atoms with Crippen LogP contribution < -0.4 is 0 Å². The van der Waals surface area contributed by atoms with Gasteiger partial charge in [0.25, 0.3) is 0 Å². The van der Waals surface area contributed by atoms with Gasteiger partial charge in [0.2, 0.25) is 0 Å². The van der Waals surface area contributed by atoms with Crippen molar-refractivity contribution in [2.45, 2.75) is 13.8 Å². The van der Waals surface area contributed by atoms with Crippen LogP contribution in [0.2, 0.25) is 0 Å². The molecule has 42 valence electrons. The molecule has 0 fully saturated rings. The molecule has 0 aliphatic carbocycles. The van der Waals surface area contributed by atoms with Gasteiger partial charge in [0.1, 0.15) is 5.92 Å². The van der Waals surface area contributed by atoms with E-state index in [0.29, 0.717) is 0 Å². The van der Waals surface area contributed by atoms with Gasteiger partial charge in [-0.05, 0) is 5.92 Å². The first-order chi connectivity index (χ1) is 3.72. The molecule has 1 atom stereocenters. The molecule has 1 unspecified atom stereocenters. The van der Waals surface area contributed by atoms with Crippen LogP contribution >= 0.6 is 0 Å². The van der Waals surface area contributed by atoms with Crippen molar-refractivity contribution < 1.29 is 0 Å². The second-order valence-corrected chi connectivity index (χ2v) is 2.02. The van der Waals surface area contributed by atoms with E-state index in [1.165, 1.54) is 0 Å². The summed E-state index contributed by atoms with van der Waals surface area (Å²) in [6.45, 7) is 3.88. The molecule has 8 heavy (non-hydrogen) atoms. The quantitative estimate of drug-likeness (QED) is 0.465. The minimum absolute atomic E-state index is 0.213. The van der Waals surface area contributed by atoms with Gasteiger partial charge in [-0.2, -0.15) is 5.26 Å². The van der Waals surface area contributed by atoms with Gasteiger partial charge in [-0.15, -0.1) is 6.42 Å². The minimum atomic E-state index is -0.213. The van der Waals surface area contributed by atoms with Crippen LogP contribution in [0.4, 0.5) is 0 Å². The molecule has 0 heterocycles. The number of terminal acetylenes is 1. The molecule has 0 aliphatic rings. The van der Waals surface area contributed by atoms with Gasteiger partial charge in [-0.3, -0.25) is 0 Å². The molecule has 1 nitrogen and oxygen atoms in total. The van der Waals surface area contributed by atoms with Crippen LogP contribution in [0.1, 0.15) is 13.8 Å². The Labute approximate surface area is 50.3 Å². The molecule has 0 spiro atoms. The van der Waals surface area contributed by atoms with E-state index in [4.69, 9.17) is 11.7 Å². The Balaban J connectivity index is 3.81. The molecule has 0 N–H and O–H groups in total. The number of rotatable bonds is 1. The van der Waals surface area contributed by atoms with E-state index < -0.39 is 0 Å². The number of nitriles is 1. The van der Waals surface area contributed by atoms with Crippen LogP contribution in [-0.2, 0) is 0 Å². The Kier molecular flexibility index (Phi) is 2.74. The zero-order valence-corrected chi connectivity index (χ0v) is 5.18. The Morgan fingerprint density at radius 2 is 2.00 bits per heavy atom. The zero-order chi connectivity index (χ0) is 6.57. The Morgan fingerprint density at radius 3 is 2.00 bits per heavy atom. The lowest BCUT2D eigenvalue weighted by Crippen LogP contribution is -2.01. The summed E-state index contributed by atoms with van der Waals surface area (Å²) in [4.78, 5) is 0. The fraction of sp³-hybridized carbons (Fsp3) is 0.571. The Morgan fingerprint density at radius 1 is 1.50 bits per heavy atom. The van der Waals surface area contributed by atoms with Crippen LogP contribution in [0, 0.1) is 35.5 Å². The van der Waals surface area contributed by atoms with E-state index in [9.17, 15) is 0 Å². The second kappa shape index (κ2) is 3.10. The molecule has 0 saturated heterocycles. The van der Waals surface area contributed by atoms with Gasteiger partial charge >= 0.3 is 0 Å². The maximum absolute atomic E-state index is 8.30. The Hall–Kier alpha value is -0.950. The largest absolute Gasteiger partial charge is 0.197 e. The topological polar surface area (TPSA) is 23.8 Å². The average Bonchev–Trinajstić information content (AvgIpc) is 1.69. The van der Waals surface area contributed by atoms with E-state index in [1.54, 1.807) is 0 Å². The summed E-state index contributed by atoms with van der Waals surface area (Å²) in [5, 5.41) is 8.30. The standard InChI is InChI=1S/C7H9N/c1-4-7(5-8)6(2)3/h1,6-7H,2-3H3. The fourth-order valence-electron chi connectivity index (χ4n) is 0.379. The predicted molar refractivity (Wildman–Crippen MR) is 32.8 cm³/mol. The van der Waals surface area contributed by atoms with Crippen LogP contribution in [0.5, 0.6) is 0 Å². The van der Waals surface area contributed by atoms with Crippen LogP contribution in [-0.4, -0.2) is 0 Å². The molecule has 0 aromatic heterocycles. The van der Waals surface area contributed by atoms with Crippen LogP contribution in [0.25, 0.3) is 0 Å². The molecule has 0 aliphatic heterocycles. The highest BCUT2D eigenvalue weighted by atomic mass is 14.3. The van der Waals surface area contributed by atoms with Crippen molar-refractivity contribution in [1.29, 1.82) is 5.26 Å². The summed E-state index contributed by atoms with van der Waals surface area (Å²) in [5.74, 6) is 2.46. The first kappa shape index (κ1) is 7.05.